The maximum absolute atomic E-state index is 3.68. The van der Waals surface area contributed by atoms with Gasteiger partial charge in [-0.05, 0) is 17.4 Å². The summed E-state index contributed by atoms with van der Waals surface area (Å²) >= 11 is 0. The molecule has 1 aromatic rings. The third kappa shape index (κ3) is 4.80. The summed E-state index contributed by atoms with van der Waals surface area (Å²) in [6.07, 6.45) is 2.43. The van der Waals surface area contributed by atoms with E-state index in [1.165, 1.54) is 18.4 Å². The highest BCUT2D eigenvalue weighted by molar-refractivity contribution is 5.18. The molecule has 0 heterocycles. The van der Waals surface area contributed by atoms with Gasteiger partial charge in [-0.2, -0.15) is 0 Å². The van der Waals surface area contributed by atoms with Gasteiger partial charge in [-0.1, -0.05) is 64.4 Å². The summed E-state index contributed by atoms with van der Waals surface area (Å²) in [5, 5.41) is 3.68. The van der Waals surface area contributed by atoms with Crippen molar-refractivity contribution in [2.75, 3.05) is 6.54 Å². The topological polar surface area (TPSA) is 12.0 Å². The highest BCUT2D eigenvalue weighted by Gasteiger charge is 2.14. The van der Waals surface area contributed by atoms with E-state index in [1.54, 1.807) is 0 Å². The molecule has 0 saturated carbocycles. The molecule has 1 nitrogen and oxygen atoms in total. The fourth-order valence-corrected chi connectivity index (χ4v) is 1.79. The van der Waals surface area contributed by atoms with Crippen LogP contribution in [0.4, 0.5) is 0 Å². The molecule has 0 bridgehead atoms. The van der Waals surface area contributed by atoms with E-state index in [0.717, 1.165) is 6.54 Å². The van der Waals surface area contributed by atoms with Gasteiger partial charge >= 0.3 is 0 Å². The van der Waals surface area contributed by atoms with Crippen LogP contribution in [0.2, 0.25) is 0 Å². The van der Waals surface area contributed by atoms with Crippen LogP contribution in [0.1, 0.15) is 52.1 Å². The first-order valence-corrected chi connectivity index (χ1v) is 6.31. The molecule has 1 unspecified atom stereocenters. The lowest BCUT2D eigenvalue weighted by Crippen LogP contribution is -2.30. The second kappa shape index (κ2) is 6.05. The largest absolute Gasteiger partial charge is 0.309 e. The van der Waals surface area contributed by atoms with Gasteiger partial charge in [0.15, 0.2) is 0 Å². The Kier molecular flexibility index (Phi) is 5.01. The van der Waals surface area contributed by atoms with Crippen LogP contribution in [0.3, 0.4) is 0 Å². The van der Waals surface area contributed by atoms with Crippen molar-refractivity contribution in [1.29, 1.82) is 0 Å². The highest BCUT2D eigenvalue weighted by atomic mass is 14.9. The normalized spacial score (nSPS) is 13.8. The molecule has 1 rings (SSSR count). The van der Waals surface area contributed by atoms with E-state index in [1.807, 2.05) is 0 Å². The van der Waals surface area contributed by atoms with Crippen molar-refractivity contribution in [1.82, 2.24) is 5.32 Å². The van der Waals surface area contributed by atoms with Crippen LogP contribution in [0, 0.1) is 5.41 Å². The monoisotopic (exact) mass is 219 g/mol. The number of hydrogen-bond donors (Lipinski definition) is 1. The molecule has 0 amide bonds. The van der Waals surface area contributed by atoms with Gasteiger partial charge < -0.3 is 5.32 Å². The zero-order chi connectivity index (χ0) is 12.0. The second-order valence-corrected chi connectivity index (χ2v) is 5.69. The summed E-state index contributed by atoms with van der Waals surface area (Å²) in [6.45, 7) is 10.1. The van der Waals surface area contributed by atoms with Gasteiger partial charge in [-0.15, -0.1) is 0 Å². The van der Waals surface area contributed by atoms with Crippen LogP contribution in [-0.2, 0) is 0 Å². The van der Waals surface area contributed by atoms with E-state index < -0.39 is 0 Å². The van der Waals surface area contributed by atoms with Crippen molar-refractivity contribution < 1.29 is 0 Å². The Morgan fingerprint density at radius 2 is 1.75 bits per heavy atom. The van der Waals surface area contributed by atoms with Gasteiger partial charge in [0.1, 0.15) is 0 Å². The molecular weight excluding hydrogens is 194 g/mol. The zero-order valence-corrected chi connectivity index (χ0v) is 11.1. The summed E-state index contributed by atoms with van der Waals surface area (Å²) in [6, 6.07) is 11.3. The second-order valence-electron chi connectivity index (χ2n) is 5.69. The molecule has 1 heteroatoms. The van der Waals surface area contributed by atoms with Crippen molar-refractivity contribution >= 4 is 0 Å². The number of benzene rings is 1. The molecule has 0 fully saturated rings. The van der Waals surface area contributed by atoms with E-state index in [9.17, 15) is 0 Å². The third-order valence-electron chi connectivity index (χ3n) is 2.66. The molecule has 1 N–H and O–H groups in total. The molecule has 1 aromatic carbocycles. The minimum atomic E-state index is 0.348. The number of hydrogen-bond acceptors (Lipinski definition) is 1. The standard InChI is InChI=1S/C15H25N/c1-5-9-14(16-12-15(2,3)4)13-10-7-6-8-11-13/h6-8,10-11,14,16H,5,9,12H2,1-4H3. The predicted octanol–water partition coefficient (Wildman–Crippen LogP) is 4.16. The van der Waals surface area contributed by atoms with Crippen molar-refractivity contribution in [3.8, 4) is 0 Å². The number of nitrogens with one attached hydrogen (secondary N) is 1. The van der Waals surface area contributed by atoms with Gasteiger partial charge in [-0.3, -0.25) is 0 Å². The molecule has 16 heavy (non-hydrogen) atoms. The Morgan fingerprint density at radius 1 is 1.12 bits per heavy atom. The summed E-state index contributed by atoms with van der Waals surface area (Å²) in [5.41, 5.74) is 1.76. The maximum atomic E-state index is 3.68. The first kappa shape index (κ1) is 13.2. The minimum Gasteiger partial charge on any atom is -0.309 e. The molecule has 0 aliphatic heterocycles. The van der Waals surface area contributed by atoms with Crippen molar-refractivity contribution in [2.45, 2.75) is 46.6 Å². The summed E-state index contributed by atoms with van der Waals surface area (Å²) in [4.78, 5) is 0. The van der Waals surface area contributed by atoms with Crippen LogP contribution in [0.15, 0.2) is 30.3 Å². The lowest BCUT2D eigenvalue weighted by molar-refractivity contribution is 0.344. The van der Waals surface area contributed by atoms with Crippen LogP contribution in [-0.4, -0.2) is 6.54 Å². The Hall–Kier alpha value is -0.820. The van der Waals surface area contributed by atoms with Gasteiger partial charge in [0.05, 0.1) is 0 Å². The van der Waals surface area contributed by atoms with Crippen molar-refractivity contribution in [3.05, 3.63) is 35.9 Å². The molecule has 0 aliphatic carbocycles. The van der Waals surface area contributed by atoms with Gasteiger partial charge in [0.25, 0.3) is 0 Å². The van der Waals surface area contributed by atoms with E-state index in [-0.39, 0.29) is 0 Å². The molecule has 0 radical (unpaired) electrons. The van der Waals surface area contributed by atoms with Crippen LogP contribution in [0.25, 0.3) is 0 Å². The fraction of sp³-hybridized carbons (Fsp3) is 0.600. The molecule has 1 atom stereocenters. The first-order chi connectivity index (χ1) is 7.53. The first-order valence-electron chi connectivity index (χ1n) is 6.31. The van der Waals surface area contributed by atoms with Gasteiger partial charge in [-0.25, -0.2) is 0 Å². The SMILES string of the molecule is CCCC(NCC(C)(C)C)c1ccccc1. The molecule has 0 aromatic heterocycles. The van der Waals surface area contributed by atoms with Crippen LogP contribution < -0.4 is 5.32 Å². The van der Waals surface area contributed by atoms with Crippen LogP contribution in [0.5, 0.6) is 0 Å². The van der Waals surface area contributed by atoms with E-state index in [0.29, 0.717) is 11.5 Å². The van der Waals surface area contributed by atoms with Crippen molar-refractivity contribution in [2.24, 2.45) is 5.41 Å². The molecule has 90 valence electrons. The number of rotatable bonds is 5. The predicted molar refractivity (Wildman–Crippen MR) is 71.5 cm³/mol. The Morgan fingerprint density at radius 3 is 2.25 bits per heavy atom. The maximum Gasteiger partial charge on any atom is 0.0320 e. The molecule has 0 aliphatic rings. The Bertz CT molecular complexity index is 284. The Balaban J connectivity index is 2.61. The summed E-state index contributed by atoms with van der Waals surface area (Å²) < 4.78 is 0. The molecule has 0 spiro atoms. The lowest BCUT2D eigenvalue weighted by atomic mass is 9.95. The average Bonchev–Trinajstić information content (AvgIpc) is 2.24. The lowest BCUT2D eigenvalue weighted by Gasteiger charge is -2.25. The van der Waals surface area contributed by atoms with Crippen molar-refractivity contribution in [3.63, 3.8) is 0 Å². The summed E-state index contributed by atoms with van der Waals surface area (Å²) in [7, 11) is 0. The highest BCUT2D eigenvalue weighted by Crippen LogP contribution is 2.20. The van der Waals surface area contributed by atoms with Gasteiger partial charge in [0.2, 0.25) is 0 Å². The average molecular weight is 219 g/mol. The molecular formula is C15H25N. The van der Waals surface area contributed by atoms with E-state index >= 15 is 0 Å². The minimum absolute atomic E-state index is 0.348. The molecule has 0 saturated heterocycles. The quantitative estimate of drug-likeness (QED) is 0.784. The third-order valence-corrected chi connectivity index (χ3v) is 2.66. The van der Waals surface area contributed by atoms with E-state index in [2.05, 4.69) is 63.3 Å². The smallest absolute Gasteiger partial charge is 0.0320 e. The van der Waals surface area contributed by atoms with Crippen LogP contribution >= 0.6 is 0 Å². The fourth-order valence-electron chi connectivity index (χ4n) is 1.79. The summed E-state index contributed by atoms with van der Waals surface area (Å²) in [5.74, 6) is 0. The Labute approximate surface area is 100 Å². The van der Waals surface area contributed by atoms with E-state index in [4.69, 9.17) is 0 Å². The zero-order valence-electron chi connectivity index (χ0n) is 11.1. The van der Waals surface area contributed by atoms with Gasteiger partial charge in [0, 0.05) is 12.6 Å².